The fourth-order valence-corrected chi connectivity index (χ4v) is 6.33. The van der Waals surface area contributed by atoms with E-state index in [0.29, 0.717) is 19.3 Å². The van der Waals surface area contributed by atoms with Crippen molar-refractivity contribution >= 4 is 17.9 Å². The van der Waals surface area contributed by atoms with Crippen molar-refractivity contribution in [2.24, 2.45) is 0 Å². The lowest BCUT2D eigenvalue weighted by atomic mass is 10.1. The van der Waals surface area contributed by atoms with Crippen LogP contribution in [0.5, 0.6) is 0 Å². The summed E-state index contributed by atoms with van der Waals surface area (Å²) in [5.41, 5.74) is 0. The Hall–Kier alpha value is -3.15. The Kier molecular flexibility index (Phi) is 44.0. The van der Waals surface area contributed by atoms with Crippen LogP contribution in [0.25, 0.3) is 0 Å². The fraction of sp³-hybridized carbons (Fsp3) is 0.712. The Bertz CT molecular complexity index is 1110. The second-order valence-corrected chi connectivity index (χ2v) is 15.6. The van der Waals surface area contributed by atoms with Gasteiger partial charge in [0.25, 0.3) is 0 Å². The summed E-state index contributed by atoms with van der Waals surface area (Å²) in [6, 6.07) is 0. The molecule has 0 amide bonds. The van der Waals surface area contributed by atoms with Crippen LogP contribution in [0, 0.1) is 0 Å². The molecule has 0 aromatic rings. The third-order valence-corrected chi connectivity index (χ3v) is 9.93. The van der Waals surface area contributed by atoms with E-state index in [2.05, 4.69) is 87.6 Å². The van der Waals surface area contributed by atoms with Gasteiger partial charge in [0.2, 0.25) is 0 Å². The summed E-state index contributed by atoms with van der Waals surface area (Å²) in [6.07, 6.45) is 57.5. The molecule has 0 radical (unpaired) electrons. The summed E-state index contributed by atoms with van der Waals surface area (Å²) in [7, 11) is 0. The van der Waals surface area contributed by atoms with E-state index in [1.807, 2.05) is 6.08 Å². The van der Waals surface area contributed by atoms with Gasteiger partial charge in [-0.2, -0.15) is 0 Å². The van der Waals surface area contributed by atoms with Gasteiger partial charge in [0, 0.05) is 19.3 Å². The maximum absolute atomic E-state index is 12.7. The molecule has 58 heavy (non-hydrogen) atoms. The number of esters is 3. The predicted octanol–water partition coefficient (Wildman–Crippen LogP) is 15.5. The van der Waals surface area contributed by atoms with E-state index in [4.69, 9.17) is 14.2 Å². The second-order valence-electron chi connectivity index (χ2n) is 15.6. The van der Waals surface area contributed by atoms with Gasteiger partial charge < -0.3 is 14.2 Å². The third-order valence-electron chi connectivity index (χ3n) is 9.93. The van der Waals surface area contributed by atoms with E-state index in [1.54, 1.807) is 0 Å². The Balaban J connectivity index is 4.51. The van der Waals surface area contributed by atoms with Crippen LogP contribution in [0.15, 0.2) is 72.9 Å². The lowest BCUT2D eigenvalue weighted by Crippen LogP contribution is -2.30. The summed E-state index contributed by atoms with van der Waals surface area (Å²) in [6.45, 7) is 6.41. The molecule has 0 aromatic carbocycles. The minimum absolute atomic E-state index is 0.114. The predicted molar refractivity (Wildman–Crippen MR) is 247 cm³/mol. The largest absolute Gasteiger partial charge is 0.462 e. The molecule has 1 unspecified atom stereocenters. The molecule has 0 aliphatic rings. The maximum atomic E-state index is 12.7. The first-order chi connectivity index (χ1) is 28.5. The molecule has 0 rings (SSSR count). The highest BCUT2D eigenvalue weighted by molar-refractivity contribution is 5.71. The summed E-state index contributed by atoms with van der Waals surface area (Å²) in [4.78, 5) is 37.8. The molecular weight excluding hydrogens is 721 g/mol. The average molecular weight is 809 g/mol. The lowest BCUT2D eigenvalue weighted by molar-refractivity contribution is -0.166. The zero-order chi connectivity index (χ0) is 42.3. The molecule has 0 saturated heterocycles. The Morgan fingerprint density at radius 1 is 0.362 bits per heavy atom. The fourth-order valence-electron chi connectivity index (χ4n) is 6.33. The standard InChI is InChI=1S/C52H88O6/c1-4-7-10-13-16-19-22-25-28-30-33-36-39-42-45-51(54)57-48-49(58-52(55)46-43-40-37-34-31-27-24-21-18-15-12-9-6-3)47-56-50(53)44-41-38-35-32-29-26-23-20-17-14-11-8-5-2/h7,10,16,19,25-29,31,37,40,49H,4-6,8-9,11-15,17-18,20-24,30,32-36,38-39,41-48H2,1-3H3/b10-7+,19-16+,28-25+,29-26+,31-27+,40-37+. The average Bonchev–Trinajstić information content (AvgIpc) is 3.22. The molecule has 6 nitrogen and oxygen atoms in total. The van der Waals surface area contributed by atoms with Crippen molar-refractivity contribution < 1.29 is 28.6 Å². The Labute approximate surface area is 357 Å². The third kappa shape index (κ3) is 44.0. The summed E-state index contributed by atoms with van der Waals surface area (Å²) < 4.78 is 16.6. The van der Waals surface area contributed by atoms with Crippen LogP contribution >= 0.6 is 0 Å². The second kappa shape index (κ2) is 46.5. The zero-order valence-electron chi connectivity index (χ0n) is 37.8. The topological polar surface area (TPSA) is 78.9 Å². The molecule has 0 aliphatic carbocycles. The first kappa shape index (κ1) is 54.9. The van der Waals surface area contributed by atoms with Gasteiger partial charge in [0.1, 0.15) is 13.2 Å². The molecule has 0 bridgehead atoms. The molecule has 0 spiro atoms. The Morgan fingerprint density at radius 3 is 1.16 bits per heavy atom. The summed E-state index contributed by atoms with van der Waals surface area (Å²) in [5.74, 6) is -1.02. The van der Waals surface area contributed by atoms with Gasteiger partial charge in [0.05, 0.1) is 0 Å². The van der Waals surface area contributed by atoms with Crippen molar-refractivity contribution in [1.29, 1.82) is 0 Å². The van der Waals surface area contributed by atoms with Crippen LogP contribution in [0.3, 0.4) is 0 Å². The van der Waals surface area contributed by atoms with Crippen LogP contribution in [0.2, 0.25) is 0 Å². The lowest BCUT2D eigenvalue weighted by Gasteiger charge is -2.18. The van der Waals surface area contributed by atoms with Gasteiger partial charge in [-0.05, 0) is 96.3 Å². The van der Waals surface area contributed by atoms with Crippen molar-refractivity contribution in [3.05, 3.63) is 72.9 Å². The zero-order valence-corrected chi connectivity index (χ0v) is 37.8. The molecule has 0 fully saturated rings. The minimum Gasteiger partial charge on any atom is -0.462 e. The first-order valence-electron chi connectivity index (χ1n) is 23.9. The molecule has 332 valence electrons. The molecular formula is C52H88O6. The molecule has 0 saturated carbocycles. The number of allylic oxidation sites excluding steroid dienone is 12. The van der Waals surface area contributed by atoms with Gasteiger partial charge >= 0.3 is 17.9 Å². The van der Waals surface area contributed by atoms with Crippen LogP contribution in [-0.2, 0) is 28.6 Å². The smallest absolute Gasteiger partial charge is 0.306 e. The van der Waals surface area contributed by atoms with Crippen molar-refractivity contribution in [2.45, 2.75) is 226 Å². The number of hydrogen-bond acceptors (Lipinski definition) is 6. The Morgan fingerprint density at radius 2 is 0.707 bits per heavy atom. The highest BCUT2D eigenvalue weighted by atomic mass is 16.6. The van der Waals surface area contributed by atoms with Crippen LogP contribution in [0.4, 0.5) is 0 Å². The number of hydrogen-bond donors (Lipinski definition) is 0. The molecule has 0 aliphatic heterocycles. The number of carbonyl (C=O) groups excluding carboxylic acids is 3. The summed E-state index contributed by atoms with van der Waals surface area (Å²) in [5, 5.41) is 0. The molecule has 0 N–H and O–H groups in total. The normalized spacial score (nSPS) is 12.7. The van der Waals surface area contributed by atoms with Crippen molar-refractivity contribution in [3.63, 3.8) is 0 Å². The van der Waals surface area contributed by atoms with E-state index in [0.717, 1.165) is 96.3 Å². The van der Waals surface area contributed by atoms with Crippen LogP contribution < -0.4 is 0 Å². The number of rotatable bonds is 42. The highest BCUT2D eigenvalue weighted by Crippen LogP contribution is 2.12. The van der Waals surface area contributed by atoms with Gasteiger partial charge in [-0.15, -0.1) is 0 Å². The number of unbranched alkanes of at least 4 members (excludes halogenated alkanes) is 19. The monoisotopic (exact) mass is 809 g/mol. The van der Waals surface area contributed by atoms with Crippen LogP contribution in [-0.4, -0.2) is 37.2 Å². The van der Waals surface area contributed by atoms with E-state index in [-0.39, 0.29) is 37.5 Å². The number of carbonyl (C=O) groups is 3. The number of ether oxygens (including phenoxy) is 3. The SMILES string of the molecule is CC/C=C/C/C=C/C/C=C/CCCCCCC(=O)OCC(COC(=O)CCCCC/C=C/CCCCCCCC)OC(=O)CC/C=C/C/C=C/CCCCCCCC. The van der Waals surface area contributed by atoms with Gasteiger partial charge in [-0.3, -0.25) is 14.4 Å². The maximum Gasteiger partial charge on any atom is 0.306 e. The van der Waals surface area contributed by atoms with Crippen molar-refractivity contribution in [3.8, 4) is 0 Å². The van der Waals surface area contributed by atoms with Gasteiger partial charge in [-0.1, -0.05) is 177 Å². The molecule has 0 aromatic heterocycles. The van der Waals surface area contributed by atoms with E-state index in [9.17, 15) is 14.4 Å². The molecule has 1 atom stereocenters. The van der Waals surface area contributed by atoms with Crippen LogP contribution in [0.1, 0.15) is 220 Å². The van der Waals surface area contributed by atoms with E-state index in [1.165, 1.54) is 77.0 Å². The minimum atomic E-state index is -0.819. The molecule has 6 heteroatoms. The quantitative estimate of drug-likeness (QED) is 0.0264. The van der Waals surface area contributed by atoms with Gasteiger partial charge in [0.15, 0.2) is 6.10 Å². The summed E-state index contributed by atoms with van der Waals surface area (Å²) >= 11 is 0. The van der Waals surface area contributed by atoms with Gasteiger partial charge in [-0.25, -0.2) is 0 Å². The highest BCUT2D eigenvalue weighted by Gasteiger charge is 2.19. The van der Waals surface area contributed by atoms with E-state index < -0.39 is 6.10 Å². The van der Waals surface area contributed by atoms with Crippen molar-refractivity contribution in [1.82, 2.24) is 0 Å². The molecule has 0 heterocycles. The van der Waals surface area contributed by atoms with E-state index >= 15 is 0 Å². The first-order valence-corrected chi connectivity index (χ1v) is 23.9. The van der Waals surface area contributed by atoms with Crippen molar-refractivity contribution in [2.75, 3.05) is 13.2 Å².